The molecule has 2 aliphatic heterocycles. The molecule has 3 aromatic carbocycles. The van der Waals surface area contributed by atoms with E-state index in [4.69, 9.17) is 19.3 Å². The maximum atomic E-state index is 6.51. The number of rotatable bonds is 12. The van der Waals surface area contributed by atoms with Gasteiger partial charge in [-0.1, -0.05) is 57.2 Å². The van der Waals surface area contributed by atoms with Crippen LogP contribution < -0.4 is 14.2 Å². The SMILES string of the molecule is CCCCCCCCOc1ccc(C2Oc3ccccc3C3CC(c4ccc(OCC)cc4)=NN32)cc1. The van der Waals surface area contributed by atoms with Crippen molar-refractivity contribution in [3.63, 3.8) is 0 Å². The molecule has 2 unspecified atom stereocenters. The Labute approximate surface area is 221 Å². The van der Waals surface area contributed by atoms with Gasteiger partial charge in [-0.2, -0.15) is 5.10 Å². The summed E-state index contributed by atoms with van der Waals surface area (Å²) in [6.07, 6.45) is 8.14. The third kappa shape index (κ3) is 5.93. The summed E-state index contributed by atoms with van der Waals surface area (Å²) in [5.41, 5.74) is 4.44. The molecule has 5 rings (SSSR count). The number of hydrogen-bond acceptors (Lipinski definition) is 5. The molecule has 0 aliphatic carbocycles. The monoisotopic (exact) mass is 498 g/mol. The van der Waals surface area contributed by atoms with Crippen LogP contribution in [0.1, 0.15) is 87.8 Å². The summed E-state index contributed by atoms with van der Waals surface area (Å²) in [6, 6.07) is 25.0. The fourth-order valence-electron chi connectivity index (χ4n) is 5.14. The molecule has 3 aromatic rings. The van der Waals surface area contributed by atoms with Crippen molar-refractivity contribution in [3.8, 4) is 17.2 Å². The minimum Gasteiger partial charge on any atom is -0.494 e. The number of unbranched alkanes of at least 4 members (excludes halogenated alkanes) is 5. The van der Waals surface area contributed by atoms with Crippen molar-refractivity contribution < 1.29 is 14.2 Å². The predicted molar refractivity (Wildman–Crippen MR) is 148 cm³/mol. The van der Waals surface area contributed by atoms with Crippen molar-refractivity contribution in [2.45, 2.75) is 71.1 Å². The zero-order valence-electron chi connectivity index (χ0n) is 22.1. The molecule has 2 heterocycles. The van der Waals surface area contributed by atoms with Crippen LogP contribution in [0.4, 0.5) is 0 Å². The second-order valence-electron chi connectivity index (χ2n) is 9.80. The number of ether oxygens (including phenoxy) is 3. The van der Waals surface area contributed by atoms with Crippen LogP contribution in [0.5, 0.6) is 17.2 Å². The van der Waals surface area contributed by atoms with E-state index in [1.165, 1.54) is 37.7 Å². The Morgan fingerprint density at radius 3 is 2.30 bits per heavy atom. The van der Waals surface area contributed by atoms with Crippen LogP contribution in [0, 0.1) is 0 Å². The standard InChI is InChI=1S/C32H38N2O3/c1-3-5-6-7-8-11-22-36-27-20-16-25(17-21-27)32-34-30(28-12-9-10-13-31(28)37-32)23-29(33-34)24-14-18-26(19-15-24)35-4-2/h9-10,12-21,30,32H,3-8,11,22-23H2,1-2H3. The van der Waals surface area contributed by atoms with Gasteiger partial charge in [-0.05, 0) is 73.5 Å². The summed E-state index contributed by atoms with van der Waals surface area (Å²) in [6.45, 7) is 5.68. The van der Waals surface area contributed by atoms with E-state index < -0.39 is 0 Å². The van der Waals surface area contributed by atoms with E-state index in [1.807, 2.05) is 25.1 Å². The van der Waals surface area contributed by atoms with E-state index in [9.17, 15) is 0 Å². The molecule has 2 aliphatic rings. The number of nitrogens with zero attached hydrogens (tertiary/aromatic N) is 2. The second-order valence-corrected chi connectivity index (χ2v) is 9.80. The first-order valence-electron chi connectivity index (χ1n) is 13.8. The molecule has 0 saturated heterocycles. The molecular weight excluding hydrogens is 460 g/mol. The highest BCUT2D eigenvalue weighted by Gasteiger charge is 2.40. The Kier molecular flexibility index (Phi) is 8.29. The lowest BCUT2D eigenvalue weighted by Gasteiger charge is -2.38. The van der Waals surface area contributed by atoms with Crippen molar-refractivity contribution in [1.29, 1.82) is 0 Å². The minimum absolute atomic E-state index is 0.139. The van der Waals surface area contributed by atoms with Crippen molar-refractivity contribution in [3.05, 3.63) is 89.5 Å². The van der Waals surface area contributed by atoms with Gasteiger partial charge in [0.2, 0.25) is 6.23 Å². The van der Waals surface area contributed by atoms with Crippen LogP contribution in [0.2, 0.25) is 0 Å². The molecule has 0 amide bonds. The van der Waals surface area contributed by atoms with E-state index in [-0.39, 0.29) is 12.3 Å². The second kappa shape index (κ2) is 12.2. The third-order valence-electron chi connectivity index (χ3n) is 7.13. The summed E-state index contributed by atoms with van der Waals surface area (Å²) in [4.78, 5) is 0. The summed E-state index contributed by atoms with van der Waals surface area (Å²) in [7, 11) is 0. The highest BCUT2D eigenvalue weighted by molar-refractivity contribution is 6.02. The Bertz CT molecular complexity index is 1170. The Balaban J connectivity index is 1.29. The van der Waals surface area contributed by atoms with Crippen LogP contribution in [0.25, 0.3) is 0 Å². The van der Waals surface area contributed by atoms with Gasteiger partial charge in [0.15, 0.2) is 0 Å². The summed E-state index contributed by atoms with van der Waals surface area (Å²) < 4.78 is 18.1. The zero-order valence-corrected chi connectivity index (χ0v) is 22.1. The first-order chi connectivity index (χ1) is 18.3. The quantitative estimate of drug-likeness (QED) is 0.237. The molecule has 0 fully saturated rings. The molecule has 2 atom stereocenters. The highest BCUT2D eigenvalue weighted by Crippen LogP contribution is 2.47. The zero-order chi connectivity index (χ0) is 25.5. The number of hydrazone groups is 1. The summed E-state index contributed by atoms with van der Waals surface area (Å²) in [5, 5.41) is 7.20. The van der Waals surface area contributed by atoms with Gasteiger partial charge in [0, 0.05) is 17.5 Å². The van der Waals surface area contributed by atoms with Crippen LogP contribution in [0.3, 0.4) is 0 Å². The van der Waals surface area contributed by atoms with Crippen molar-refractivity contribution in [2.24, 2.45) is 5.10 Å². The lowest BCUT2D eigenvalue weighted by atomic mass is 9.96. The maximum Gasteiger partial charge on any atom is 0.213 e. The number of fused-ring (bicyclic) bond motifs is 3. The van der Waals surface area contributed by atoms with Gasteiger partial charge >= 0.3 is 0 Å². The molecule has 5 nitrogen and oxygen atoms in total. The molecule has 37 heavy (non-hydrogen) atoms. The molecular formula is C32H38N2O3. The lowest BCUT2D eigenvalue weighted by Crippen LogP contribution is -2.33. The molecule has 0 N–H and O–H groups in total. The van der Waals surface area contributed by atoms with Crippen molar-refractivity contribution >= 4 is 5.71 Å². The Morgan fingerprint density at radius 1 is 0.811 bits per heavy atom. The Morgan fingerprint density at radius 2 is 1.51 bits per heavy atom. The van der Waals surface area contributed by atoms with Crippen LogP contribution in [-0.4, -0.2) is 23.9 Å². The van der Waals surface area contributed by atoms with Gasteiger partial charge in [-0.15, -0.1) is 0 Å². The average molecular weight is 499 g/mol. The third-order valence-corrected chi connectivity index (χ3v) is 7.13. The van der Waals surface area contributed by atoms with Crippen LogP contribution in [-0.2, 0) is 0 Å². The molecule has 0 radical (unpaired) electrons. The van der Waals surface area contributed by atoms with E-state index >= 15 is 0 Å². The van der Waals surface area contributed by atoms with E-state index in [0.29, 0.717) is 6.61 Å². The summed E-state index contributed by atoms with van der Waals surface area (Å²) >= 11 is 0. The molecule has 0 bridgehead atoms. The van der Waals surface area contributed by atoms with Gasteiger partial charge < -0.3 is 14.2 Å². The summed E-state index contributed by atoms with van der Waals surface area (Å²) in [5.74, 6) is 2.72. The smallest absolute Gasteiger partial charge is 0.213 e. The number of para-hydroxylation sites is 1. The first kappa shape index (κ1) is 25.2. The molecule has 0 spiro atoms. The van der Waals surface area contributed by atoms with Gasteiger partial charge in [-0.25, -0.2) is 5.01 Å². The van der Waals surface area contributed by atoms with Crippen LogP contribution >= 0.6 is 0 Å². The van der Waals surface area contributed by atoms with Crippen LogP contribution in [0.15, 0.2) is 77.9 Å². The van der Waals surface area contributed by atoms with E-state index in [1.54, 1.807) is 0 Å². The number of hydrogen-bond donors (Lipinski definition) is 0. The van der Waals surface area contributed by atoms with Gasteiger partial charge in [-0.3, -0.25) is 0 Å². The normalized spacial score (nSPS) is 18.0. The molecule has 194 valence electrons. The van der Waals surface area contributed by atoms with E-state index in [2.05, 4.69) is 66.5 Å². The fraction of sp³-hybridized carbons (Fsp3) is 0.406. The number of benzene rings is 3. The first-order valence-corrected chi connectivity index (χ1v) is 13.8. The van der Waals surface area contributed by atoms with Gasteiger partial charge in [0.05, 0.1) is 25.0 Å². The predicted octanol–water partition coefficient (Wildman–Crippen LogP) is 8.07. The van der Waals surface area contributed by atoms with E-state index in [0.717, 1.165) is 53.5 Å². The molecule has 0 aromatic heterocycles. The molecule has 5 heteroatoms. The van der Waals surface area contributed by atoms with Crippen molar-refractivity contribution in [1.82, 2.24) is 5.01 Å². The minimum atomic E-state index is -0.285. The van der Waals surface area contributed by atoms with Gasteiger partial charge in [0.25, 0.3) is 0 Å². The van der Waals surface area contributed by atoms with Gasteiger partial charge in [0.1, 0.15) is 17.2 Å². The fourth-order valence-corrected chi connectivity index (χ4v) is 5.14. The van der Waals surface area contributed by atoms with Crippen molar-refractivity contribution in [2.75, 3.05) is 13.2 Å². The Hall–Kier alpha value is -3.47. The average Bonchev–Trinajstić information content (AvgIpc) is 3.39. The molecule has 0 saturated carbocycles. The largest absolute Gasteiger partial charge is 0.494 e. The highest BCUT2D eigenvalue weighted by atomic mass is 16.5. The topological polar surface area (TPSA) is 43.3 Å². The maximum absolute atomic E-state index is 6.51. The lowest BCUT2D eigenvalue weighted by molar-refractivity contribution is -0.0190.